The first-order valence-corrected chi connectivity index (χ1v) is 5.09. The lowest BCUT2D eigenvalue weighted by Gasteiger charge is -2.03. The third-order valence-electron chi connectivity index (χ3n) is 2.16. The lowest BCUT2D eigenvalue weighted by atomic mass is 10.2. The van der Waals surface area contributed by atoms with Gasteiger partial charge in [0.25, 0.3) is 0 Å². The molecule has 0 unspecified atom stereocenters. The zero-order valence-electron chi connectivity index (χ0n) is 8.77. The van der Waals surface area contributed by atoms with Gasteiger partial charge in [0.15, 0.2) is 0 Å². The molecule has 0 heterocycles. The minimum absolute atomic E-state index is 0.253. The predicted molar refractivity (Wildman–Crippen MR) is 61.0 cm³/mol. The van der Waals surface area contributed by atoms with Gasteiger partial charge in [-0.2, -0.15) is 0 Å². The van der Waals surface area contributed by atoms with Crippen molar-refractivity contribution in [3.63, 3.8) is 0 Å². The number of ether oxygens (including phenoxy) is 1. The van der Waals surface area contributed by atoms with Gasteiger partial charge in [-0.1, -0.05) is 42.5 Å². The molecule has 1 nitrogen and oxygen atoms in total. The highest BCUT2D eigenvalue weighted by Gasteiger charge is 1.97. The highest BCUT2D eigenvalue weighted by molar-refractivity contribution is 5.21. The second kappa shape index (κ2) is 5.42. The van der Waals surface area contributed by atoms with Crippen molar-refractivity contribution in [2.75, 3.05) is 0 Å². The molecular formula is C14H12FO. The standard InChI is InChI=1S/C14H12FO/c15-14-8-4-7-13(9-14)11-16-10-12-5-2-1-3-6-12/h1-9,11H,10H2. The molecule has 1 radical (unpaired) electrons. The summed E-state index contributed by atoms with van der Waals surface area (Å²) >= 11 is 0. The van der Waals surface area contributed by atoms with Crippen molar-refractivity contribution in [2.45, 2.75) is 6.61 Å². The van der Waals surface area contributed by atoms with Crippen LogP contribution in [0.5, 0.6) is 0 Å². The molecule has 81 valence electrons. The summed E-state index contributed by atoms with van der Waals surface area (Å²) in [5.41, 5.74) is 1.83. The van der Waals surface area contributed by atoms with Crippen LogP contribution >= 0.6 is 0 Å². The Balaban J connectivity index is 1.85. The van der Waals surface area contributed by atoms with Gasteiger partial charge in [-0.15, -0.1) is 0 Å². The van der Waals surface area contributed by atoms with Crippen molar-refractivity contribution in [1.82, 2.24) is 0 Å². The van der Waals surface area contributed by atoms with Gasteiger partial charge in [0.05, 0.1) is 6.61 Å². The third kappa shape index (κ3) is 3.17. The number of benzene rings is 2. The van der Waals surface area contributed by atoms with Crippen molar-refractivity contribution in [3.8, 4) is 0 Å². The largest absolute Gasteiger partial charge is 0.366 e. The molecule has 0 amide bonds. The molecule has 0 aliphatic carbocycles. The van der Waals surface area contributed by atoms with Crippen LogP contribution in [-0.4, -0.2) is 0 Å². The molecule has 0 spiro atoms. The maximum Gasteiger partial charge on any atom is 0.123 e. The summed E-state index contributed by atoms with van der Waals surface area (Å²) < 4.78 is 18.2. The van der Waals surface area contributed by atoms with Gasteiger partial charge in [0, 0.05) is 0 Å². The molecule has 0 aliphatic heterocycles. The molecule has 2 heteroatoms. The minimum atomic E-state index is -0.253. The van der Waals surface area contributed by atoms with E-state index in [4.69, 9.17) is 4.74 Å². The van der Waals surface area contributed by atoms with E-state index in [2.05, 4.69) is 0 Å². The summed E-state index contributed by atoms with van der Waals surface area (Å²) in [6.45, 7) is 2.06. The van der Waals surface area contributed by atoms with Gasteiger partial charge < -0.3 is 4.74 Å². The SMILES string of the molecule is Fc1cccc([CH]OCc2ccccc2)c1. The Morgan fingerprint density at radius 1 is 1.00 bits per heavy atom. The van der Waals surface area contributed by atoms with Crippen molar-refractivity contribution in [2.24, 2.45) is 0 Å². The number of hydrogen-bond acceptors (Lipinski definition) is 1. The van der Waals surface area contributed by atoms with E-state index in [0.717, 1.165) is 11.1 Å². The molecule has 0 saturated carbocycles. The van der Waals surface area contributed by atoms with Crippen LogP contribution in [0.2, 0.25) is 0 Å². The summed E-state index contributed by atoms with van der Waals surface area (Å²) in [6.07, 6.45) is 0. The molecule has 0 aliphatic rings. The molecule has 0 bridgehead atoms. The fourth-order valence-electron chi connectivity index (χ4n) is 1.39. The molecule has 0 aromatic heterocycles. The summed E-state index contributed by atoms with van der Waals surface area (Å²) in [6, 6.07) is 16.2. The molecule has 16 heavy (non-hydrogen) atoms. The molecule has 2 rings (SSSR count). The first kappa shape index (κ1) is 10.8. The van der Waals surface area contributed by atoms with Crippen LogP contribution in [0.15, 0.2) is 54.6 Å². The molecule has 2 aromatic rings. The maximum atomic E-state index is 12.8. The van der Waals surface area contributed by atoms with Crippen LogP contribution in [0.3, 0.4) is 0 Å². The fourth-order valence-corrected chi connectivity index (χ4v) is 1.39. The Bertz CT molecular complexity index is 439. The van der Waals surface area contributed by atoms with E-state index in [-0.39, 0.29) is 5.82 Å². The van der Waals surface area contributed by atoms with Crippen molar-refractivity contribution >= 4 is 0 Å². The van der Waals surface area contributed by atoms with E-state index in [1.807, 2.05) is 30.3 Å². The van der Waals surface area contributed by atoms with E-state index >= 15 is 0 Å². The van der Waals surface area contributed by atoms with E-state index in [1.54, 1.807) is 18.7 Å². The monoisotopic (exact) mass is 215 g/mol. The zero-order chi connectivity index (χ0) is 11.2. The van der Waals surface area contributed by atoms with Gasteiger partial charge in [0.1, 0.15) is 12.4 Å². The molecule has 0 atom stereocenters. The maximum absolute atomic E-state index is 12.8. The fraction of sp³-hybridized carbons (Fsp3) is 0.0714. The van der Waals surface area contributed by atoms with E-state index in [1.165, 1.54) is 12.1 Å². The van der Waals surface area contributed by atoms with Gasteiger partial charge in [-0.05, 0) is 23.3 Å². The lowest BCUT2D eigenvalue weighted by Crippen LogP contribution is -1.92. The van der Waals surface area contributed by atoms with Gasteiger partial charge in [-0.25, -0.2) is 4.39 Å². The molecule has 2 aromatic carbocycles. The molecule has 0 fully saturated rings. The number of rotatable bonds is 4. The Morgan fingerprint density at radius 3 is 2.56 bits per heavy atom. The number of halogens is 1. The van der Waals surface area contributed by atoms with Gasteiger partial charge in [-0.3, -0.25) is 0 Å². The molecule has 0 N–H and O–H groups in total. The van der Waals surface area contributed by atoms with Crippen LogP contribution in [0.25, 0.3) is 0 Å². The Labute approximate surface area is 94.5 Å². The summed E-state index contributed by atoms with van der Waals surface area (Å²) in [5, 5.41) is 0. The van der Waals surface area contributed by atoms with Crippen LogP contribution in [0.1, 0.15) is 11.1 Å². The van der Waals surface area contributed by atoms with Crippen molar-refractivity contribution in [1.29, 1.82) is 0 Å². The first-order chi connectivity index (χ1) is 7.84. The summed E-state index contributed by atoms with van der Waals surface area (Å²) in [4.78, 5) is 0. The highest BCUT2D eigenvalue weighted by Crippen LogP contribution is 2.09. The Morgan fingerprint density at radius 2 is 1.81 bits per heavy atom. The third-order valence-corrected chi connectivity index (χ3v) is 2.16. The van der Waals surface area contributed by atoms with Crippen molar-refractivity contribution < 1.29 is 9.13 Å². The normalized spacial score (nSPS) is 10.3. The van der Waals surface area contributed by atoms with Crippen molar-refractivity contribution in [3.05, 3.63) is 78.1 Å². The predicted octanol–water partition coefficient (Wildman–Crippen LogP) is 3.55. The zero-order valence-corrected chi connectivity index (χ0v) is 8.77. The first-order valence-electron chi connectivity index (χ1n) is 5.09. The smallest absolute Gasteiger partial charge is 0.123 e. The van der Waals surface area contributed by atoms with Crippen LogP contribution < -0.4 is 0 Å². The van der Waals surface area contributed by atoms with Crippen LogP contribution in [-0.2, 0) is 11.3 Å². The summed E-state index contributed by atoms with van der Waals surface area (Å²) in [5.74, 6) is -0.253. The van der Waals surface area contributed by atoms with E-state index < -0.39 is 0 Å². The Kier molecular flexibility index (Phi) is 3.67. The van der Waals surface area contributed by atoms with Gasteiger partial charge in [0.2, 0.25) is 0 Å². The Hall–Kier alpha value is -1.67. The average Bonchev–Trinajstić information content (AvgIpc) is 2.30. The van der Waals surface area contributed by atoms with E-state index in [9.17, 15) is 4.39 Å². The van der Waals surface area contributed by atoms with E-state index in [0.29, 0.717) is 6.61 Å². The van der Waals surface area contributed by atoms with Crippen LogP contribution in [0.4, 0.5) is 4.39 Å². The second-order valence-electron chi connectivity index (χ2n) is 3.47. The quantitative estimate of drug-likeness (QED) is 0.757. The van der Waals surface area contributed by atoms with Gasteiger partial charge >= 0.3 is 0 Å². The lowest BCUT2D eigenvalue weighted by molar-refractivity contribution is 0.198. The number of hydrogen-bond donors (Lipinski definition) is 0. The summed E-state index contributed by atoms with van der Waals surface area (Å²) in [7, 11) is 0. The highest BCUT2D eigenvalue weighted by atomic mass is 19.1. The minimum Gasteiger partial charge on any atom is -0.366 e. The molecule has 0 saturated heterocycles. The molecular weight excluding hydrogens is 203 g/mol. The van der Waals surface area contributed by atoms with Crippen LogP contribution in [0, 0.1) is 12.4 Å². The second-order valence-corrected chi connectivity index (χ2v) is 3.47. The topological polar surface area (TPSA) is 9.23 Å². The average molecular weight is 215 g/mol.